The molecule has 0 unspecified atom stereocenters. The highest BCUT2D eigenvalue weighted by Crippen LogP contribution is 2.24. The van der Waals surface area contributed by atoms with Crippen LogP contribution in [-0.4, -0.2) is 19.0 Å². The van der Waals surface area contributed by atoms with Gasteiger partial charge in [0.1, 0.15) is 5.82 Å². The monoisotopic (exact) mass is 354 g/mol. The average molecular weight is 354 g/mol. The summed E-state index contributed by atoms with van der Waals surface area (Å²) < 4.78 is 13.7. The van der Waals surface area contributed by atoms with Crippen LogP contribution in [0.2, 0.25) is 0 Å². The van der Waals surface area contributed by atoms with E-state index in [4.69, 9.17) is 0 Å². The Balaban J connectivity index is 1.57. The molecule has 0 radical (unpaired) electrons. The number of nitrogens with zero attached hydrogens (tertiary/aromatic N) is 1. The zero-order chi connectivity index (χ0) is 18.5. The van der Waals surface area contributed by atoms with Gasteiger partial charge in [0.25, 0.3) is 0 Å². The van der Waals surface area contributed by atoms with E-state index in [-0.39, 0.29) is 24.2 Å². The molecule has 1 fully saturated rings. The van der Waals surface area contributed by atoms with Crippen molar-refractivity contribution in [2.24, 2.45) is 5.92 Å². The molecule has 1 aliphatic heterocycles. The SMILES string of the molecule is CC1CCN(c2ccc([C@H](C)NC(=O)Cc3ccccc3F)cc2)CC1. The quantitative estimate of drug-likeness (QED) is 0.858. The van der Waals surface area contributed by atoms with Crippen molar-refractivity contribution >= 4 is 11.6 Å². The molecule has 0 aliphatic carbocycles. The molecule has 0 spiro atoms. The van der Waals surface area contributed by atoms with Gasteiger partial charge in [-0.2, -0.15) is 0 Å². The number of nitrogens with one attached hydrogen (secondary N) is 1. The predicted molar refractivity (Wildman–Crippen MR) is 104 cm³/mol. The Hall–Kier alpha value is -2.36. The summed E-state index contributed by atoms with van der Waals surface area (Å²) >= 11 is 0. The number of hydrogen-bond acceptors (Lipinski definition) is 2. The predicted octanol–water partition coefficient (Wildman–Crippen LogP) is 4.48. The summed E-state index contributed by atoms with van der Waals surface area (Å²) in [6.45, 7) is 6.48. The van der Waals surface area contributed by atoms with Crippen molar-refractivity contribution in [3.05, 3.63) is 65.5 Å². The van der Waals surface area contributed by atoms with Crippen LogP contribution in [0.1, 0.15) is 43.9 Å². The van der Waals surface area contributed by atoms with Crippen LogP contribution in [0, 0.1) is 11.7 Å². The van der Waals surface area contributed by atoms with Crippen LogP contribution in [0.15, 0.2) is 48.5 Å². The highest BCUT2D eigenvalue weighted by Gasteiger charge is 2.17. The van der Waals surface area contributed by atoms with Crippen molar-refractivity contribution < 1.29 is 9.18 Å². The van der Waals surface area contributed by atoms with E-state index in [1.54, 1.807) is 18.2 Å². The Morgan fingerprint density at radius 2 is 1.81 bits per heavy atom. The minimum atomic E-state index is -0.337. The fourth-order valence-electron chi connectivity index (χ4n) is 3.43. The minimum Gasteiger partial charge on any atom is -0.372 e. The Kier molecular flexibility index (Phi) is 5.92. The Labute approximate surface area is 155 Å². The van der Waals surface area contributed by atoms with Crippen molar-refractivity contribution in [1.82, 2.24) is 5.32 Å². The first-order chi connectivity index (χ1) is 12.5. The molecule has 1 heterocycles. The number of amides is 1. The third-order valence-electron chi connectivity index (χ3n) is 5.23. The smallest absolute Gasteiger partial charge is 0.225 e. The van der Waals surface area contributed by atoms with Crippen molar-refractivity contribution in [2.45, 2.75) is 39.2 Å². The third-order valence-corrected chi connectivity index (χ3v) is 5.23. The third kappa shape index (κ3) is 4.63. The lowest BCUT2D eigenvalue weighted by molar-refractivity contribution is -0.121. The van der Waals surface area contributed by atoms with Gasteiger partial charge in [0, 0.05) is 18.8 Å². The van der Waals surface area contributed by atoms with Gasteiger partial charge in [-0.05, 0) is 55.0 Å². The summed E-state index contributed by atoms with van der Waals surface area (Å²) in [4.78, 5) is 14.6. The van der Waals surface area contributed by atoms with Gasteiger partial charge in [-0.1, -0.05) is 37.3 Å². The summed E-state index contributed by atoms with van der Waals surface area (Å²) in [5.74, 6) is 0.308. The van der Waals surface area contributed by atoms with E-state index in [1.807, 2.05) is 6.92 Å². The van der Waals surface area contributed by atoms with E-state index in [0.717, 1.165) is 24.6 Å². The maximum atomic E-state index is 13.7. The molecule has 26 heavy (non-hydrogen) atoms. The molecular weight excluding hydrogens is 327 g/mol. The largest absolute Gasteiger partial charge is 0.372 e. The first-order valence-corrected chi connectivity index (χ1v) is 9.40. The fourth-order valence-corrected chi connectivity index (χ4v) is 3.43. The molecular formula is C22H27FN2O. The molecule has 0 saturated carbocycles. The van der Waals surface area contributed by atoms with E-state index in [0.29, 0.717) is 5.56 Å². The molecule has 3 rings (SSSR count). The second-order valence-corrected chi connectivity index (χ2v) is 7.32. The Bertz CT molecular complexity index is 736. The number of carbonyl (C=O) groups is 1. The van der Waals surface area contributed by atoms with Crippen LogP contribution in [0.3, 0.4) is 0 Å². The van der Waals surface area contributed by atoms with E-state index >= 15 is 0 Å². The molecule has 2 aromatic rings. The van der Waals surface area contributed by atoms with Crippen LogP contribution in [0.5, 0.6) is 0 Å². The first kappa shape index (κ1) is 18.4. The van der Waals surface area contributed by atoms with E-state index in [1.165, 1.54) is 24.6 Å². The van der Waals surface area contributed by atoms with Gasteiger partial charge in [-0.3, -0.25) is 4.79 Å². The molecule has 4 heteroatoms. The highest BCUT2D eigenvalue weighted by molar-refractivity contribution is 5.79. The van der Waals surface area contributed by atoms with Crippen LogP contribution < -0.4 is 10.2 Å². The molecule has 1 N–H and O–H groups in total. The van der Waals surface area contributed by atoms with E-state index in [2.05, 4.69) is 41.4 Å². The summed E-state index contributed by atoms with van der Waals surface area (Å²) in [6, 6.07) is 14.7. The molecule has 0 bridgehead atoms. The van der Waals surface area contributed by atoms with Crippen LogP contribution >= 0.6 is 0 Å². The standard InChI is InChI=1S/C22H27FN2O/c1-16-11-13-25(14-12-16)20-9-7-18(8-10-20)17(2)24-22(26)15-19-5-3-4-6-21(19)23/h3-10,16-17H,11-15H2,1-2H3,(H,24,26)/t17-/m0/s1. The van der Waals surface area contributed by atoms with Crippen molar-refractivity contribution in [1.29, 1.82) is 0 Å². The van der Waals surface area contributed by atoms with E-state index < -0.39 is 0 Å². The number of rotatable bonds is 5. The minimum absolute atomic E-state index is 0.0566. The molecule has 1 atom stereocenters. The summed E-state index contributed by atoms with van der Waals surface area (Å²) in [5.41, 5.74) is 2.72. The summed E-state index contributed by atoms with van der Waals surface area (Å²) in [6.07, 6.45) is 2.54. The molecule has 1 saturated heterocycles. The second-order valence-electron chi connectivity index (χ2n) is 7.32. The number of halogens is 1. The van der Waals surface area contributed by atoms with Gasteiger partial charge < -0.3 is 10.2 Å². The van der Waals surface area contributed by atoms with Gasteiger partial charge in [0.15, 0.2) is 0 Å². The molecule has 138 valence electrons. The highest BCUT2D eigenvalue weighted by atomic mass is 19.1. The van der Waals surface area contributed by atoms with Crippen LogP contribution in [0.25, 0.3) is 0 Å². The number of piperidine rings is 1. The maximum absolute atomic E-state index is 13.7. The topological polar surface area (TPSA) is 32.3 Å². The zero-order valence-corrected chi connectivity index (χ0v) is 15.5. The lowest BCUT2D eigenvalue weighted by Crippen LogP contribution is -2.32. The lowest BCUT2D eigenvalue weighted by atomic mass is 9.98. The van der Waals surface area contributed by atoms with Crippen LogP contribution in [0.4, 0.5) is 10.1 Å². The summed E-state index contributed by atoms with van der Waals surface area (Å²) in [5, 5.41) is 2.96. The number of anilines is 1. The Morgan fingerprint density at radius 3 is 2.46 bits per heavy atom. The number of hydrogen-bond donors (Lipinski definition) is 1. The fraction of sp³-hybridized carbons (Fsp3) is 0.409. The maximum Gasteiger partial charge on any atom is 0.225 e. The first-order valence-electron chi connectivity index (χ1n) is 9.40. The van der Waals surface area contributed by atoms with Gasteiger partial charge in [0.2, 0.25) is 5.91 Å². The lowest BCUT2D eigenvalue weighted by Gasteiger charge is -2.32. The number of benzene rings is 2. The molecule has 1 amide bonds. The molecule has 1 aliphatic rings. The van der Waals surface area contributed by atoms with Crippen LogP contribution in [-0.2, 0) is 11.2 Å². The molecule has 0 aromatic heterocycles. The van der Waals surface area contributed by atoms with Gasteiger partial charge in [0.05, 0.1) is 12.5 Å². The second kappa shape index (κ2) is 8.35. The van der Waals surface area contributed by atoms with Gasteiger partial charge in [-0.25, -0.2) is 4.39 Å². The van der Waals surface area contributed by atoms with Crippen molar-refractivity contribution in [3.8, 4) is 0 Å². The molecule has 2 aromatic carbocycles. The Morgan fingerprint density at radius 1 is 1.15 bits per heavy atom. The zero-order valence-electron chi connectivity index (χ0n) is 15.5. The van der Waals surface area contributed by atoms with Crippen molar-refractivity contribution in [3.63, 3.8) is 0 Å². The van der Waals surface area contributed by atoms with Gasteiger partial charge in [-0.15, -0.1) is 0 Å². The number of carbonyl (C=O) groups excluding carboxylic acids is 1. The van der Waals surface area contributed by atoms with E-state index in [9.17, 15) is 9.18 Å². The average Bonchev–Trinajstić information content (AvgIpc) is 2.64. The van der Waals surface area contributed by atoms with Gasteiger partial charge >= 0.3 is 0 Å². The van der Waals surface area contributed by atoms with Crippen molar-refractivity contribution in [2.75, 3.05) is 18.0 Å². The normalized spacial score (nSPS) is 16.3. The molecule has 3 nitrogen and oxygen atoms in total. The summed E-state index contributed by atoms with van der Waals surface area (Å²) in [7, 11) is 0.